The quantitative estimate of drug-likeness (QED) is 0.385. The molecule has 0 amide bonds. The molecule has 4 aromatic rings. The SMILES string of the molecule is COc1cc(-c2cc(-c3nc4cc(C(F)(F)F)c(Br)cc4[nH]3)[nH]n2)cc(OC)c1OC. The van der Waals surface area contributed by atoms with Crippen LogP contribution in [-0.2, 0) is 6.18 Å². The fraction of sp³-hybridized carbons (Fsp3) is 0.200. The van der Waals surface area contributed by atoms with Crippen LogP contribution in [0.25, 0.3) is 33.8 Å². The molecule has 2 heterocycles. The van der Waals surface area contributed by atoms with Crippen molar-refractivity contribution in [3.05, 3.63) is 40.4 Å². The summed E-state index contributed by atoms with van der Waals surface area (Å²) in [5, 5.41) is 7.14. The molecule has 0 bridgehead atoms. The highest BCUT2D eigenvalue weighted by Crippen LogP contribution is 2.41. The van der Waals surface area contributed by atoms with Crippen molar-refractivity contribution in [2.45, 2.75) is 6.18 Å². The number of aromatic nitrogens is 4. The number of nitrogens with zero attached hydrogens (tertiary/aromatic N) is 2. The Balaban J connectivity index is 1.75. The Hall–Kier alpha value is -3.21. The number of fused-ring (bicyclic) bond motifs is 1. The van der Waals surface area contributed by atoms with Gasteiger partial charge in [0.2, 0.25) is 5.75 Å². The highest BCUT2D eigenvalue weighted by atomic mass is 79.9. The van der Waals surface area contributed by atoms with Crippen molar-refractivity contribution < 1.29 is 27.4 Å². The summed E-state index contributed by atoms with van der Waals surface area (Å²) < 4.78 is 55.5. The van der Waals surface area contributed by atoms with Gasteiger partial charge >= 0.3 is 6.18 Å². The Labute approximate surface area is 182 Å². The number of aromatic amines is 2. The number of alkyl halides is 3. The van der Waals surface area contributed by atoms with Crippen LogP contribution >= 0.6 is 15.9 Å². The fourth-order valence-corrected chi connectivity index (χ4v) is 3.76. The van der Waals surface area contributed by atoms with Gasteiger partial charge in [0.15, 0.2) is 17.3 Å². The van der Waals surface area contributed by atoms with Gasteiger partial charge in [-0.05, 0) is 30.3 Å². The second-order valence-electron chi connectivity index (χ2n) is 6.51. The number of rotatable bonds is 5. The number of halogens is 4. The second kappa shape index (κ2) is 7.80. The van der Waals surface area contributed by atoms with E-state index in [0.29, 0.717) is 45.5 Å². The van der Waals surface area contributed by atoms with Crippen LogP contribution in [0.2, 0.25) is 0 Å². The third-order valence-electron chi connectivity index (χ3n) is 4.67. The summed E-state index contributed by atoms with van der Waals surface area (Å²) in [5.74, 6) is 1.74. The maximum atomic E-state index is 13.2. The lowest BCUT2D eigenvalue weighted by atomic mass is 10.1. The van der Waals surface area contributed by atoms with Crippen molar-refractivity contribution in [3.8, 4) is 40.0 Å². The van der Waals surface area contributed by atoms with E-state index in [9.17, 15) is 13.2 Å². The van der Waals surface area contributed by atoms with Gasteiger partial charge in [-0.2, -0.15) is 18.3 Å². The average molecular weight is 497 g/mol. The number of hydrogen-bond donors (Lipinski definition) is 2. The summed E-state index contributed by atoms with van der Waals surface area (Å²) in [6.45, 7) is 0. The Morgan fingerprint density at radius 2 is 1.61 bits per heavy atom. The summed E-state index contributed by atoms with van der Waals surface area (Å²) in [7, 11) is 4.54. The first kappa shape index (κ1) is 21.0. The predicted molar refractivity (Wildman–Crippen MR) is 111 cm³/mol. The number of H-pyrrole nitrogens is 2. The van der Waals surface area contributed by atoms with E-state index in [0.717, 1.165) is 6.07 Å². The van der Waals surface area contributed by atoms with Gasteiger partial charge in [-0.1, -0.05) is 15.9 Å². The molecule has 0 aliphatic rings. The van der Waals surface area contributed by atoms with E-state index < -0.39 is 11.7 Å². The molecule has 0 atom stereocenters. The third-order valence-corrected chi connectivity index (χ3v) is 5.33. The van der Waals surface area contributed by atoms with E-state index in [1.807, 2.05) is 0 Å². The van der Waals surface area contributed by atoms with Crippen LogP contribution in [0.4, 0.5) is 13.2 Å². The van der Waals surface area contributed by atoms with E-state index in [1.165, 1.54) is 27.4 Å². The second-order valence-corrected chi connectivity index (χ2v) is 7.37. The molecule has 0 aliphatic carbocycles. The van der Waals surface area contributed by atoms with Crippen molar-refractivity contribution in [3.63, 3.8) is 0 Å². The molecule has 31 heavy (non-hydrogen) atoms. The first-order valence-corrected chi connectivity index (χ1v) is 9.67. The number of ether oxygens (including phenoxy) is 3. The summed E-state index contributed by atoms with van der Waals surface area (Å²) in [6, 6.07) is 7.55. The minimum absolute atomic E-state index is 0.0644. The van der Waals surface area contributed by atoms with Crippen molar-refractivity contribution in [2.75, 3.05) is 21.3 Å². The van der Waals surface area contributed by atoms with Crippen molar-refractivity contribution in [1.82, 2.24) is 20.2 Å². The van der Waals surface area contributed by atoms with E-state index >= 15 is 0 Å². The van der Waals surface area contributed by atoms with Gasteiger partial charge in [-0.15, -0.1) is 0 Å². The lowest BCUT2D eigenvalue weighted by Gasteiger charge is -2.13. The van der Waals surface area contributed by atoms with Crippen molar-refractivity contribution in [2.24, 2.45) is 0 Å². The van der Waals surface area contributed by atoms with Crippen LogP contribution < -0.4 is 14.2 Å². The molecule has 0 fully saturated rings. The number of methoxy groups -OCH3 is 3. The van der Waals surface area contributed by atoms with E-state index in [2.05, 4.69) is 36.1 Å². The number of hydrogen-bond acceptors (Lipinski definition) is 5. The highest BCUT2D eigenvalue weighted by Gasteiger charge is 2.33. The smallest absolute Gasteiger partial charge is 0.417 e. The van der Waals surface area contributed by atoms with Crippen LogP contribution in [0.15, 0.2) is 34.8 Å². The van der Waals surface area contributed by atoms with E-state index in [-0.39, 0.29) is 9.99 Å². The summed E-state index contributed by atoms with van der Waals surface area (Å²) in [5.41, 5.74) is 1.61. The van der Waals surface area contributed by atoms with Crippen LogP contribution in [0.3, 0.4) is 0 Å². The van der Waals surface area contributed by atoms with Gasteiger partial charge in [0.25, 0.3) is 0 Å². The topological polar surface area (TPSA) is 85.1 Å². The fourth-order valence-electron chi connectivity index (χ4n) is 3.20. The monoisotopic (exact) mass is 496 g/mol. The molecular formula is C20H16BrF3N4O3. The molecule has 0 spiro atoms. The molecule has 11 heteroatoms. The standard InChI is InChI=1S/C20H16BrF3N4O3/c1-29-16-4-9(5-17(30-2)18(16)31-3)12-8-15(28-27-12)19-25-13-6-10(20(22,23)24)11(21)7-14(13)26-19/h4-8H,1-3H3,(H,25,26)(H,27,28). The summed E-state index contributed by atoms with van der Waals surface area (Å²) in [4.78, 5) is 7.29. The summed E-state index contributed by atoms with van der Waals surface area (Å²) in [6.07, 6.45) is -4.49. The zero-order valence-corrected chi connectivity index (χ0v) is 18.1. The highest BCUT2D eigenvalue weighted by molar-refractivity contribution is 9.10. The zero-order chi connectivity index (χ0) is 22.3. The van der Waals surface area contributed by atoms with Gasteiger partial charge < -0.3 is 19.2 Å². The maximum absolute atomic E-state index is 13.2. The Morgan fingerprint density at radius 3 is 2.19 bits per heavy atom. The molecule has 162 valence electrons. The Morgan fingerprint density at radius 1 is 0.935 bits per heavy atom. The van der Waals surface area contributed by atoms with Gasteiger partial charge in [-0.3, -0.25) is 5.10 Å². The number of nitrogens with one attached hydrogen (secondary N) is 2. The summed E-state index contributed by atoms with van der Waals surface area (Å²) >= 11 is 2.97. The predicted octanol–water partition coefficient (Wildman–Crippen LogP) is 5.43. The van der Waals surface area contributed by atoms with Crippen molar-refractivity contribution in [1.29, 1.82) is 0 Å². The van der Waals surface area contributed by atoms with E-state index in [4.69, 9.17) is 14.2 Å². The molecule has 0 radical (unpaired) electrons. The maximum Gasteiger partial charge on any atom is 0.417 e. The van der Waals surface area contributed by atoms with Gasteiger partial charge in [-0.25, -0.2) is 4.98 Å². The molecule has 2 aromatic heterocycles. The first-order chi connectivity index (χ1) is 14.7. The van der Waals surface area contributed by atoms with Crippen LogP contribution in [0.1, 0.15) is 5.56 Å². The minimum atomic E-state index is -4.49. The molecule has 0 unspecified atom stereocenters. The molecule has 0 saturated carbocycles. The van der Waals surface area contributed by atoms with Crippen molar-refractivity contribution >= 4 is 27.0 Å². The zero-order valence-electron chi connectivity index (χ0n) is 16.5. The Bertz CT molecular complexity index is 1240. The van der Waals surface area contributed by atoms with Crippen LogP contribution in [0, 0.1) is 0 Å². The molecule has 0 saturated heterocycles. The molecule has 2 aromatic carbocycles. The molecule has 7 nitrogen and oxygen atoms in total. The lowest BCUT2D eigenvalue weighted by molar-refractivity contribution is -0.138. The average Bonchev–Trinajstić information content (AvgIpc) is 3.37. The first-order valence-electron chi connectivity index (χ1n) is 8.87. The normalized spacial score (nSPS) is 11.7. The molecule has 2 N–H and O–H groups in total. The lowest BCUT2D eigenvalue weighted by Crippen LogP contribution is -2.05. The number of benzene rings is 2. The van der Waals surface area contributed by atoms with Crippen LogP contribution in [0.5, 0.6) is 17.2 Å². The van der Waals surface area contributed by atoms with E-state index in [1.54, 1.807) is 18.2 Å². The van der Waals surface area contributed by atoms with Crippen LogP contribution in [-0.4, -0.2) is 41.5 Å². The minimum Gasteiger partial charge on any atom is -0.493 e. The largest absolute Gasteiger partial charge is 0.493 e. The number of imidazole rings is 1. The molecule has 4 rings (SSSR count). The molecule has 0 aliphatic heterocycles. The van der Waals surface area contributed by atoms with Gasteiger partial charge in [0.05, 0.1) is 43.6 Å². The molecular weight excluding hydrogens is 481 g/mol. The van der Waals surface area contributed by atoms with Gasteiger partial charge in [0.1, 0.15) is 5.69 Å². The third kappa shape index (κ3) is 3.80. The van der Waals surface area contributed by atoms with Gasteiger partial charge in [0, 0.05) is 10.0 Å². The Kier molecular flexibility index (Phi) is 5.29.